The van der Waals surface area contributed by atoms with E-state index in [-0.39, 0.29) is 12.3 Å². The summed E-state index contributed by atoms with van der Waals surface area (Å²) in [5.41, 5.74) is -1.94. The molecule has 3 rings (SSSR count). The lowest BCUT2D eigenvalue weighted by molar-refractivity contribution is -0.259. The number of allylic oxidation sites excluding steroid dienone is 2. The molecule has 0 bridgehead atoms. The standard InChI is InChI=1S/C37H53NO10/c1-11-12-13-15-20-24(23-18-16-14-17-19-23)21-26(39)38-27-29(47-33(42)37(8,9)10)28(46-32(41)36(5,6)7)25(45-30(27)48-34(38)43)22-44-31(40)35(2,3)4/h14-20,24-25,27-30H,11-13,21-22H2,1-10H3/b20-15+/t24?,25-,27-,28+,29-,30-/m1/s1. The normalized spacial score (nSPS) is 23.7. The Bertz CT molecular complexity index is 1330. The van der Waals surface area contributed by atoms with Gasteiger partial charge in [0.2, 0.25) is 12.2 Å². The monoisotopic (exact) mass is 671 g/mol. The van der Waals surface area contributed by atoms with Crippen LogP contribution in [0.2, 0.25) is 0 Å². The Labute approximate surface area is 284 Å². The first kappa shape index (κ1) is 38.7. The van der Waals surface area contributed by atoms with E-state index < -0.39 is 83.4 Å². The van der Waals surface area contributed by atoms with Crippen LogP contribution in [0.4, 0.5) is 4.79 Å². The van der Waals surface area contributed by atoms with Gasteiger partial charge in [-0.05, 0) is 74.3 Å². The highest BCUT2D eigenvalue weighted by Gasteiger charge is 2.61. The predicted molar refractivity (Wildman–Crippen MR) is 177 cm³/mol. The number of hydrogen-bond donors (Lipinski definition) is 0. The van der Waals surface area contributed by atoms with E-state index in [1.807, 2.05) is 42.5 Å². The summed E-state index contributed by atoms with van der Waals surface area (Å²) in [6.07, 6.45) is 0.428. The van der Waals surface area contributed by atoms with Crippen molar-refractivity contribution in [1.82, 2.24) is 4.90 Å². The van der Waals surface area contributed by atoms with Gasteiger partial charge >= 0.3 is 24.0 Å². The first-order valence-corrected chi connectivity index (χ1v) is 16.7. The minimum absolute atomic E-state index is 0.0933. The van der Waals surface area contributed by atoms with Crippen molar-refractivity contribution in [2.24, 2.45) is 16.2 Å². The quantitative estimate of drug-likeness (QED) is 0.111. The fraction of sp³-hybridized carbons (Fsp3) is 0.649. The molecule has 2 aliphatic heterocycles. The Morgan fingerprint density at radius 2 is 1.42 bits per heavy atom. The van der Waals surface area contributed by atoms with Crippen molar-refractivity contribution in [2.75, 3.05) is 6.61 Å². The molecule has 266 valence electrons. The summed E-state index contributed by atoms with van der Waals surface area (Å²) in [6, 6.07) is 8.18. The second-order valence-corrected chi connectivity index (χ2v) is 15.6. The number of amides is 2. The van der Waals surface area contributed by atoms with Gasteiger partial charge in [-0.15, -0.1) is 0 Å². The zero-order valence-electron chi connectivity index (χ0n) is 30.1. The van der Waals surface area contributed by atoms with Crippen LogP contribution in [0.5, 0.6) is 0 Å². The number of rotatable bonds is 11. The summed E-state index contributed by atoms with van der Waals surface area (Å²) in [4.78, 5) is 68.0. The molecule has 0 spiro atoms. The van der Waals surface area contributed by atoms with Gasteiger partial charge in [0.25, 0.3) is 0 Å². The van der Waals surface area contributed by atoms with Gasteiger partial charge in [0.15, 0.2) is 12.2 Å². The maximum atomic E-state index is 14.1. The number of unbranched alkanes of at least 4 members (excludes halogenated alkanes) is 2. The highest BCUT2D eigenvalue weighted by atomic mass is 16.7. The molecule has 0 N–H and O–H groups in total. The summed E-state index contributed by atoms with van der Waals surface area (Å²) in [7, 11) is 0. The number of carbonyl (C=O) groups is 5. The fourth-order valence-corrected chi connectivity index (χ4v) is 5.06. The van der Waals surface area contributed by atoms with Crippen LogP contribution >= 0.6 is 0 Å². The van der Waals surface area contributed by atoms with Gasteiger partial charge in [-0.2, -0.15) is 0 Å². The maximum absolute atomic E-state index is 14.1. The number of fused-ring (bicyclic) bond motifs is 1. The zero-order chi connectivity index (χ0) is 36.0. The van der Waals surface area contributed by atoms with Crippen molar-refractivity contribution in [3.8, 4) is 0 Å². The molecule has 6 atom stereocenters. The Balaban J connectivity index is 2.05. The summed E-state index contributed by atoms with van der Waals surface area (Å²) in [5.74, 6) is -2.80. The molecule has 2 heterocycles. The summed E-state index contributed by atoms with van der Waals surface area (Å²) in [5, 5.41) is 0. The molecule has 1 unspecified atom stereocenters. The minimum atomic E-state index is -1.40. The van der Waals surface area contributed by atoms with Crippen molar-refractivity contribution in [3.63, 3.8) is 0 Å². The largest absolute Gasteiger partial charge is 0.462 e. The highest BCUT2D eigenvalue weighted by molar-refractivity contribution is 5.94. The molecule has 0 aromatic heterocycles. The molecular formula is C37H53NO10. The smallest absolute Gasteiger partial charge is 0.419 e. The van der Waals surface area contributed by atoms with E-state index >= 15 is 0 Å². The van der Waals surface area contributed by atoms with E-state index in [2.05, 4.69) is 6.92 Å². The van der Waals surface area contributed by atoms with Crippen molar-refractivity contribution in [2.45, 2.75) is 131 Å². The average molecular weight is 672 g/mol. The van der Waals surface area contributed by atoms with E-state index in [9.17, 15) is 24.0 Å². The highest BCUT2D eigenvalue weighted by Crippen LogP contribution is 2.38. The molecule has 0 aliphatic carbocycles. The fourth-order valence-electron chi connectivity index (χ4n) is 5.06. The second-order valence-electron chi connectivity index (χ2n) is 15.6. The van der Waals surface area contributed by atoms with Crippen molar-refractivity contribution in [1.29, 1.82) is 0 Å². The third kappa shape index (κ3) is 9.90. The van der Waals surface area contributed by atoms with E-state index in [4.69, 9.17) is 23.7 Å². The molecule has 2 saturated heterocycles. The molecule has 1 aromatic carbocycles. The zero-order valence-corrected chi connectivity index (χ0v) is 30.1. The van der Waals surface area contributed by atoms with Gasteiger partial charge < -0.3 is 23.7 Å². The predicted octanol–water partition coefficient (Wildman–Crippen LogP) is 6.48. The van der Waals surface area contributed by atoms with Crippen LogP contribution in [-0.4, -0.2) is 72.1 Å². The number of esters is 3. The van der Waals surface area contributed by atoms with Crippen LogP contribution in [0.15, 0.2) is 42.5 Å². The van der Waals surface area contributed by atoms with E-state index in [1.165, 1.54) is 0 Å². The molecular weight excluding hydrogens is 618 g/mol. The average Bonchev–Trinajstić information content (AvgIpc) is 3.32. The van der Waals surface area contributed by atoms with Crippen molar-refractivity contribution in [3.05, 3.63) is 48.0 Å². The van der Waals surface area contributed by atoms with Crippen LogP contribution in [0.25, 0.3) is 0 Å². The summed E-state index contributed by atoms with van der Waals surface area (Å²) < 4.78 is 29.2. The Morgan fingerprint density at radius 1 is 0.854 bits per heavy atom. The third-order valence-corrected chi connectivity index (χ3v) is 8.01. The molecule has 2 amide bonds. The van der Waals surface area contributed by atoms with Crippen molar-refractivity contribution < 1.29 is 47.7 Å². The molecule has 2 fully saturated rings. The van der Waals surface area contributed by atoms with Crippen LogP contribution < -0.4 is 0 Å². The first-order valence-electron chi connectivity index (χ1n) is 16.7. The Morgan fingerprint density at radius 3 is 1.96 bits per heavy atom. The summed E-state index contributed by atoms with van der Waals surface area (Å²) in [6.45, 7) is 16.7. The minimum Gasteiger partial charge on any atom is -0.462 e. The van der Waals surface area contributed by atoms with Crippen molar-refractivity contribution >= 4 is 29.9 Å². The Hall–Kier alpha value is -3.73. The first-order chi connectivity index (χ1) is 22.3. The lowest BCUT2D eigenvalue weighted by Crippen LogP contribution is -2.65. The number of nitrogens with zero attached hydrogens (tertiary/aromatic N) is 1. The van der Waals surface area contributed by atoms with Gasteiger partial charge in [0, 0.05) is 12.3 Å². The van der Waals surface area contributed by atoms with E-state index in [0.29, 0.717) is 0 Å². The third-order valence-electron chi connectivity index (χ3n) is 8.01. The maximum Gasteiger partial charge on any atom is 0.419 e. The van der Waals surface area contributed by atoms with Crippen LogP contribution in [-0.2, 0) is 42.9 Å². The Kier molecular flexibility index (Phi) is 12.6. The van der Waals surface area contributed by atoms with Crippen LogP contribution in [0, 0.1) is 16.2 Å². The lowest BCUT2D eigenvalue weighted by Gasteiger charge is -2.44. The number of ether oxygens (including phenoxy) is 5. The van der Waals surface area contributed by atoms with Gasteiger partial charge in [0.05, 0.1) is 16.2 Å². The topological polar surface area (TPSA) is 135 Å². The van der Waals surface area contributed by atoms with Crippen LogP contribution in [0.1, 0.15) is 106 Å². The molecule has 11 heteroatoms. The number of carbonyl (C=O) groups excluding carboxylic acids is 5. The second kappa shape index (κ2) is 15.7. The molecule has 0 radical (unpaired) electrons. The summed E-state index contributed by atoms with van der Waals surface area (Å²) >= 11 is 0. The molecule has 0 saturated carbocycles. The lowest BCUT2D eigenvalue weighted by atomic mass is 9.91. The van der Waals surface area contributed by atoms with Gasteiger partial charge in [0.1, 0.15) is 18.8 Å². The molecule has 1 aromatic rings. The van der Waals surface area contributed by atoms with E-state index in [0.717, 1.165) is 29.7 Å². The van der Waals surface area contributed by atoms with E-state index in [1.54, 1.807) is 62.3 Å². The van der Waals surface area contributed by atoms with Crippen LogP contribution in [0.3, 0.4) is 0 Å². The SMILES string of the molecule is CCCC/C=C/C(CC(=O)N1C(=O)O[C@H]2O[C@H](COC(=O)C(C)(C)C)[C@H](OC(=O)C(C)(C)C)[C@H](OC(=O)C(C)(C)C)[C@H]21)c1ccccc1. The molecule has 48 heavy (non-hydrogen) atoms. The number of hydrogen-bond acceptors (Lipinski definition) is 10. The van der Waals surface area contributed by atoms with Gasteiger partial charge in [-0.25, -0.2) is 9.69 Å². The number of benzene rings is 1. The number of imide groups is 1. The molecule has 2 aliphatic rings. The van der Waals surface area contributed by atoms with Gasteiger partial charge in [-0.1, -0.05) is 62.2 Å². The molecule has 11 nitrogen and oxygen atoms in total. The van der Waals surface area contributed by atoms with Gasteiger partial charge in [-0.3, -0.25) is 19.2 Å².